The second-order valence-electron chi connectivity index (χ2n) is 9.05. The molecule has 28 heavy (non-hydrogen) atoms. The molecular weight excluding hydrogens is 376 g/mol. The third kappa shape index (κ3) is 5.74. The van der Waals surface area contributed by atoms with Gasteiger partial charge in [0.2, 0.25) is 0 Å². The third-order valence-electron chi connectivity index (χ3n) is 7.20. The summed E-state index contributed by atoms with van der Waals surface area (Å²) < 4.78 is 5.69. The first-order chi connectivity index (χ1) is 13.3. The summed E-state index contributed by atoms with van der Waals surface area (Å²) in [5.41, 5.74) is 0. The van der Waals surface area contributed by atoms with Crippen LogP contribution in [0.25, 0.3) is 0 Å². The zero-order valence-electron chi connectivity index (χ0n) is 17.2. The van der Waals surface area contributed by atoms with E-state index >= 15 is 0 Å². The number of carbonyl (C=O) groups is 1. The van der Waals surface area contributed by atoms with Gasteiger partial charge in [0.25, 0.3) is 0 Å². The second-order valence-corrected chi connectivity index (χ2v) is 9.05. The van der Waals surface area contributed by atoms with Crippen LogP contribution in [0.5, 0.6) is 0 Å². The fraction of sp³-hybridized carbons (Fsp3) is 0.952. The van der Waals surface area contributed by atoms with Crippen molar-refractivity contribution < 1.29 is 9.53 Å². The maximum absolute atomic E-state index is 12.5. The van der Waals surface area contributed by atoms with Crippen LogP contribution in [0.2, 0.25) is 0 Å². The number of carbonyl (C=O) groups excluding carboxylic acids is 1. The van der Waals surface area contributed by atoms with Crippen molar-refractivity contribution in [2.75, 3.05) is 32.8 Å². The fourth-order valence-corrected chi connectivity index (χ4v) is 5.60. The molecule has 4 aliphatic rings. The van der Waals surface area contributed by atoms with E-state index in [0.29, 0.717) is 30.1 Å². The quantitative estimate of drug-likeness (QED) is 0.661. The lowest BCUT2D eigenvalue weighted by atomic mass is 9.92. The number of ether oxygens (including phenoxy) is 1. The number of amides is 2. The van der Waals surface area contributed by atoms with Crippen molar-refractivity contribution in [3.8, 4) is 0 Å². The van der Waals surface area contributed by atoms with Crippen LogP contribution in [0.15, 0.2) is 0 Å². The Morgan fingerprint density at radius 2 is 1.71 bits per heavy atom. The zero-order chi connectivity index (χ0) is 18.5. The van der Waals surface area contributed by atoms with Crippen LogP contribution in [0.1, 0.15) is 64.2 Å². The molecule has 0 aromatic heterocycles. The van der Waals surface area contributed by atoms with Crippen LogP contribution < -0.4 is 16.0 Å². The highest BCUT2D eigenvalue weighted by molar-refractivity contribution is 5.85. The maximum atomic E-state index is 12.5. The van der Waals surface area contributed by atoms with Gasteiger partial charge in [-0.05, 0) is 44.4 Å². The van der Waals surface area contributed by atoms with Gasteiger partial charge in [-0.2, -0.15) is 0 Å². The summed E-state index contributed by atoms with van der Waals surface area (Å²) in [7, 11) is 0. The number of hydrogen-bond acceptors (Lipinski definition) is 4. The summed E-state index contributed by atoms with van der Waals surface area (Å²) in [6.45, 7) is 4.48. The lowest BCUT2D eigenvalue weighted by molar-refractivity contribution is 0.0508. The van der Waals surface area contributed by atoms with Crippen LogP contribution in [0.3, 0.4) is 0 Å². The molecule has 0 bridgehead atoms. The first-order valence-corrected chi connectivity index (χ1v) is 11.4. The van der Waals surface area contributed by atoms with Crippen molar-refractivity contribution in [2.24, 2.45) is 5.92 Å². The average Bonchev–Trinajstić information content (AvgIpc) is 3.18. The molecule has 0 radical (unpaired) electrons. The molecule has 0 aromatic carbocycles. The Morgan fingerprint density at radius 1 is 0.929 bits per heavy atom. The van der Waals surface area contributed by atoms with E-state index < -0.39 is 0 Å². The number of rotatable bonds is 4. The van der Waals surface area contributed by atoms with E-state index in [1.165, 1.54) is 38.5 Å². The molecule has 3 N–H and O–H groups in total. The minimum Gasteiger partial charge on any atom is -0.379 e. The molecule has 0 aromatic rings. The van der Waals surface area contributed by atoms with Gasteiger partial charge in [-0.3, -0.25) is 0 Å². The summed E-state index contributed by atoms with van der Waals surface area (Å²) in [5, 5.41) is 10.9. The molecule has 3 atom stereocenters. The predicted octanol–water partition coefficient (Wildman–Crippen LogP) is 2.66. The van der Waals surface area contributed by atoms with Crippen LogP contribution in [-0.4, -0.2) is 67.9 Å². The molecule has 2 saturated carbocycles. The van der Waals surface area contributed by atoms with Crippen molar-refractivity contribution in [1.82, 2.24) is 20.9 Å². The van der Waals surface area contributed by atoms with Gasteiger partial charge >= 0.3 is 6.03 Å². The van der Waals surface area contributed by atoms with Crippen molar-refractivity contribution in [2.45, 2.75) is 88.4 Å². The van der Waals surface area contributed by atoms with Gasteiger partial charge in [0, 0.05) is 43.8 Å². The average molecular weight is 415 g/mol. The normalized spacial score (nSPS) is 32.7. The largest absolute Gasteiger partial charge is 0.379 e. The van der Waals surface area contributed by atoms with E-state index in [2.05, 4.69) is 16.0 Å². The monoisotopic (exact) mass is 414 g/mol. The zero-order valence-corrected chi connectivity index (χ0v) is 18.0. The molecule has 4 fully saturated rings. The number of morpholine rings is 1. The molecule has 2 heterocycles. The Hall–Kier alpha value is -0.560. The molecule has 7 heteroatoms. The number of nitrogens with one attached hydrogen (secondary N) is 3. The lowest BCUT2D eigenvalue weighted by Crippen LogP contribution is -2.55. The molecule has 2 amide bonds. The van der Waals surface area contributed by atoms with Crippen molar-refractivity contribution >= 4 is 18.4 Å². The topological polar surface area (TPSA) is 65.6 Å². The first-order valence-electron chi connectivity index (χ1n) is 11.4. The van der Waals surface area contributed by atoms with Gasteiger partial charge in [0.15, 0.2) is 0 Å². The Balaban J connectivity index is 0.00000225. The Labute approximate surface area is 176 Å². The molecule has 2 aliphatic carbocycles. The molecule has 0 spiro atoms. The Kier molecular flexibility index (Phi) is 8.70. The van der Waals surface area contributed by atoms with Crippen molar-refractivity contribution in [3.63, 3.8) is 0 Å². The van der Waals surface area contributed by atoms with Gasteiger partial charge in [-0.25, -0.2) is 4.79 Å². The summed E-state index contributed by atoms with van der Waals surface area (Å²) in [5.74, 6) is 0.693. The van der Waals surface area contributed by atoms with E-state index in [-0.39, 0.29) is 18.4 Å². The van der Waals surface area contributed by atoms with E-state index in [1.807, 2.05) is 4.90 Å². The molecule has 6 nitrogen and oxygen atoms in total. The van der Waals surface area contributed by atoms with Gasteiger partial charge in [0.1, 0.15) is 0 Å². The highest BCUT2D eigenvalue weighted by atomic mass is 35.5. The standard InChI is InChI=1S/C21H38N4O2.ClH/c26-21(24-16-5-2-1-3-6-16)25-12-9-17(10-13-25)23-19-8-4-7-18(19)20-15-27-14-11-22-20;/h16-20,22-23H,1-15H2,(H,24,26);1H. The maximum Gasteiger partial charge on any atom is 0.317 e. The summed E-state index contributed by atoms with van der Waals surface area (Å²) in [4.78, 5) is 14.6. The number of halogens is 1. The van der Waals surface area contributed by atoms with E-state index in [0.717, 1.165) is 58.5 Å². The van der Waals surface area contributed by atoms with Crippen LogP contribution in [0, 0.1) is 5.92 Å². The highest BCUT2D eigenvalue weighted by Crippen LogP contribution is 2.30. The van der Waals surface area contributed by atoms with Crippen molar-refractivity contribution in [3.05, 3.63) is 0 Å². The van der Waals surface area contributed by atoms with Crippen LogP contribution >= 0.6 is 12.4 Å². The lowest BCUT2D eigenvalue weighted by Gasteiger charge is -2.38. The number of nitrogens with zero attached hydrogens (tertiary/aromatic N) is 1. The third-order valence-corrected chi connectivity index (χ3v) is 7.20. The number of likely N-dealkylation sites (tertiary alicyclic amines) is 1. The predicted molar refractivity (Wildman–Crippen MR) is 114 cm³/mol. The minimum atomic E-state index is 0. The van der Waals surface area contributed by atoms with Crippen LogP contribution in [-0.2, 0) is 4.74 Å². The molecular formula is C21H39ClN4O2. The summed E-state index contributed by atoms with van der Waals surface area (Å²) in [6.07, 6.45) is 12.2. The summed E-state index contributed by atoms with van der Waals surface area (Å²) >= 11 is 0. The number of urea groups is 1. The Morgan fingerprint density at radius 3 is 2.43 bits per heavy atom. The SMILES string of the molecule is Cl.O=C(NC1CCCCC1)N1CCC(NC2CCCC2C2COCCN2)CC1. The molecule has 3 unspecified atom stereocenters. The molecule has 2 aliphatic heterocycles. The Bertz CT molecular complexity index is 475. The highest BCUT2D eigenvalue weighted by Gasteiger charge is 2.36. The second kappa shape index (κ2) is 11.0. The van der Waals surface area contributed by atoms with E-state index in [9.17, 15) is 4.79 Å². The van der Waals surface area contributed by atoms with Gasteiger partial charge in [-0.1, -0.05) is 25.7 Å². The minimum absolute atomic E-state index is 0. The number of piperidine rings is 1. The van der Waals surface area contributed by atoms with Crippen LogP contribution in [0.4, 0.5) is 4.79 Å². The smallest absolute Gasteiger partial charge is 0.317 e. The molecule has 162 valence electrons. The van der Waals surface area contributed by atoms with Gasteiger partial charge in [0.05, 0.1) is 13.2 Å². The fourth-order valence-electron chi connectivity index (χ4n) is 5.60. The first kappa shape index (κ1) is 22.1. The van der Waals surface area contributed by atoms with E-state index in [1.54, 1.807) is 0 Å². The molecule has 2 saturated heterocycles. The van der Waals surface area contributed by atoms with Gasteiger partial charge in [-0.15, -0.1) is 12.4 Å². The molecule has 4 rings (SSSR count). The van der Waals surface area contributed by atoms with Gasteiger partial charge < -0.3 is 25.6 Å². The van der Waals surface area contributed by atoms with Crippen molar-refractivity contribution in [1.29, 1.82) is 0 Å². The van der Waals surface area contributed by atoms with E-state index in [4.69, 9.17) is 4.74 Å². The number of hydrogen-bond donors (Lipinski definition) is 3. The summed E-state index contributed by atoms with van der Waals surface area (Å²) in [6, 6.07) is 2.25.